The average Bonchev–Trinajstić information content (AvgIpc) is 2.82. The Kier molecular flexibility index (Phi) is 3.20. The first-order valence-electron chi connectivity index (χ1n) is 6.13. The molecule has 4 heteroatoms. The summed E-state index contributed by atoms with van der Waals surface area (Å²) in [5.41, 5.74) is 0.378. The Morgan fingerprint density at radius 1 is 1.33 bits per heavy atom. The molecule has 2 rings (SSSR count). The fourth-order valence-electron chi connectivity index (χ4n) is 2.79. The number of carbonyl (C=O) groups is 1. The summed E-state index contributed by atoms with van der Waals surface area (Å²) in [7, 11) is 1.53. The molecular formula is C14H18O4. The largest absolute Gasteiger partial charge is 0.508 e. The quantitative estimate of drug-likeness (QED) is 0.865. The van der Waals surface area contributed by atoms with Gasteiger partial charge in [0.1, 0.15) is 11.5 Å². The Morgan fingerprint density at radius 2 is 1.94 bits per heavy atom. The second-order valence-electron chi connectivity index (χ2n) is 4.93. The van der Waals surface area contributed by atoms with Gasteiger partial charge in [0.15, 0.2) is 0 Å². The second kappa shape index (κ2) is 4.52. The van der Waals surface area contributed by atoms with Crippen molar-refractivity contribution in [2.45, 2.75) is 38.0 Å². The molecule has 1 saturated carbocycles. The highest BCUT2D eigenvalue weighted by Crippen LogP contribution is 2.46. The zero-order valence-corrected chi connectivity index (χ0v) is 10.7. The number of hydrogen-bond donors (Lipinski definition) is 2. The lowest BCUT2D eigenvalue weighted by Gasteiger charge is -2.26. The molecule has 18 heavy (non-hydrogen) atoms. The van der Waals surface area contributed by atoms with Crippen molar-refractivity contribution in [2.24, 2.45) is 0 Å². The Balaban J connectivity index is 2.61. The number of phenolic OH excluding ortho intramolecular Hbond substituents is 1. The van der Waals surface area contributed by atoms with Crippen LogP contribution in [0, 0.1) is 6.92 Å². The second-order valence-corrected chi connectivity index (χ2v) is 4.93. The van der Waals surface area contributed by atoms with Crippen LogP contribution in [-0.4, -0.2) is 23.3 Å². The van der Waals surface area contributed by atoms with Crippen molar-refractivity contribution < 1.29 is 19.7 Å². The summed E-state index contributed by atoms with van der Waals surface area (Å²) in [5, 5.41) is 19.4. The molecule has 0 spiro atoms. The smallest absolute Gasteiger partial charge is 0.314 e. The Morgan fingerprint density at radius 3 is 2.44 bits per heavy atom. The number of carboxylic acids is 1. The molecule has 0 bridgehead atoms. The SMILES string of the molecule is COc1cc(C)c(O)cc1C1(C(=O)O)CCCC1. The van der Waals surface area contributed by atoms with Gasteiger partial charge >= 0.3 is 5.97 Å². The normalized spacial score (nSPS) is 17.7. The number of rotatable bonds is 3. The summed E-state index contributed by atoms with van der Waals surface area (Å²) in [6.45, 7) is 1.77. The fourth-order valence-corrected chi connectivity index (χ4v) is 2.79. The van der Waals surface area contributed by atoms with E-state index in [2.05, 4.69) is 0 Å². The van der Waals surface area contributed by atoms with Gasteiger partial charge in [-0.25, -0.2) is 0 Å². The van der Waals surface area contributed by atoms with Gasteiger partial charge in [0.25, 0.3) is 0 Å². The first-order valence-corrected chi connectivity index (χ1v) is 6.13. The topological polar surface area (TPSA) is 66.8 Å². The van der Waals surface area contributed by atoms with E-state index in [9.17, 15) is 15.0 Å². The van der Waals surface area contributed by atoms with E-state index < -0.39 is 11.4 Å². The number of carboxylic acid groups (broad SMARTS) is 1. The van der Waals surface area contributed by atoms with E-state index in [4.69, 9.17) is 4.74 Å². The minimum absolute atomic E-state index is 0.123. The van der Waals surface area contributed by atoms with E-state index in [1.807, 2.05) is 0 Å². The minimum atomic E-state index is -0.906. The maximum Gasteiger partial charge on any atom is 0.314 e. The van der Waals surface area contributed by atoms with Gasteiger partial charge in [0.05, 0.1) is 12.5 Å². The van der Waals surface area contributed by atoms with Crippen molar-refractivity contribution in [3.8, 4) is 11.5 Å². The molecule has 1 aromatic rings. The van der Waals surface area contributed by atoms with Crippen molar-refractivity contribution in [1.29, 1.82) is 0 Å². The van der Waals surface area contributed by atoms with Gasteiger partial charge in [0.2, 0.25) is 0 Å². The van der Waals surface area contributed by atoms with Crippen molar-refractivity contribution in [3.63, 3.8) is 0 Å². The monoisotopic (exact) mass is 250 g/mol. The fraction of sp³-hybridized carbons (Fsp3) is 0.500. The van der Waals surface area contributed by atoms with Gasteiger partial charge in [-0.2, -0.15) is 0 Å². The molecule has 0 atom stereocenters. The summed E-state index contributed by atoms with van der Waals surface area (Å²) in [4.78, 5) is 11.7. The lowest BCUT2D eigenvalue weighted by Crippen LogP contribution is -2.33. The first-order chi connectivity index (χ1) is 8.51. The summed E-state index contributed by atoms with van der Waals surface area (Å²) in [6.07, 6.45) is 2.98. The van der Waals surface area contributed by atoms with Crippen LogP contribution in [0.4, 0.5) is 0 Å². The maximum absolute atomic E-state index is 11.7. The number of aliphatic carboxylic acids is 1. The first kappa shape index (κ1) is 12.7. The van der Waals surface area contributed by atoms with Gasteiger partial charge in [-0.15, -0.1) is 0 Å². The van der Waals surface area contributed by atoms with E-state index in [1.54, 1.807) is 19.1 Å². The van der Waals surface area contributed by atoms with Gasteiger partial charge in [-0.1, -0.05) is 12.8 Å². The van der Waals surface area contributed by atoms with Crippen LogP contribution in [0.1, 0.15) is 36.8 Å². The zero-order valence-electron chi connectivity index (χ0n) is 10.7. The number of hydrogen-bond acceptors (Lipinski definition) is 3. The summed E-state index contributed by atoms with van der Waals surface area (Å²) < 4.78 is 5.29. The summed E-state index contributed by atoms with van der Waals surface area (Å²) in [5.74, 6) is -0.158. The number of benzene rings is 1. The molecule has 4 nitrogen and oxygen atoms in total. The predicted molar refractivity (Wildman–Crippen MR) is 67.2 cm³/mol. The van der Waals surface area contributed by atoms with Crippen LogP contribution >= 0.6 is 0 Å². The average molecular weight is 250 g/mol. The lowest BCUT2D eigenvalue weighted by molar-refractivity contribution is -0.143. The van der Waals surface area contributed by atoms with Crippen LogP contribution in [0.2, 0.25) is 0 Å². The van der Waals surface area contributed by atoms with E-state index >= 15 is 0 Å². The molecule has 1 aliphatic rings. The van der Waals surface area contributed by atoms with Gasteiger partial charge in [0, 0.05) is 5.56 Å². The van der Waals surface area contributed by atoms with E-state index in [0.29, 0.717) is 29.7 Å². The number of ether oxygens (including phenoxy) is 1. The molecule has 0 saturated heterocycles. The maximum atomic E-state index is 11.7. The third-order valence-corrected chi connectivity index (χ3v) is 3.90. The third kappa shape index (κ3) is 1.82. The zero-order chi connectivity index (χ0) is 13.3. The van der Waals surface area contributed by atoms with Crippen molar-refractivity contribution in [2.75, 3.05) is 7.11 Å². The number of aromatic hydroxyl groups is 1. The highest BCUT2D eigenvalue weighted by atomic mass is 16.5. The van der Waals surface area contributed by atoms with Gasteiger partial charge in [-0.3, -0.25) is 4.79 Å². The van der Waals surface area contributed by atoms with Crippen LogP contribution < -0.4 is 4.74 Å². The Labute approximate surface area is 106 Å². The molecule has 0 heterocycles. The molecule has 0 radical (unpaired) electrons. The Hall–Kier alpha value is -1.71. The van der Waals surface area contributed by atoms with Crippen LogP contribution in [0.3, 0.4) is 0 Å². The van der Waals surface area contributed by atoms with Gasteiger partial charge < -0.3 is 14.9 Å². The highest BCUT2D eigenvalue weighted by Gasteiger charge is 2.45. The van der Waals surface area contributed by atoms with E-state index in [0.717, 1.165) is 12.8 Å². The van der Waals surface area contributed by atoms with Crippen molar-refractivity contribution in [1.82, 2.24) is 0 Å². The van der Waals surface area contributed by atoms with Crippen LogP contribution in [-0.2, 0) is 10.2 Å². The molecule has 1 aromatic carbocycles. The van der Waals surface area contributed by atoms with Crippen LogP contribution in [0.25, 0.3) is 0 Å². The highest BCUT2D eigenvalue weighted by molar-refractivity contribution is 5.83. The third-order valence-electron chi connectivity index (χ3n) is 3.90. The number of phenols is 1. The minimum Gasteiger partial charge on any atom is -0.508 e. The molecule has 0 amide bonds. The summed E-state index contributed by atoms with van der Waals surface area (Å²) >= 11 is 0. The molecule has 0 aromatic heterocycles. The van der Waals surface area contributed by atoms with E-state index in [-0.39, 0.29) is 5.75 Å². The molecule has 1 aliphatic carbocycles. The predicted octanol–water partition coefficient (Wildman–Crippen LogP) is 2.61. The summed E-state index contributed by atoms with van der Waals surface area (Å²) in [6, 6.07) is 3.25. The molecule has 0 aliphatic heterocycles. The van der Waals surface area contributed by atoms with Crippen LogP contribution in [0.5, 0.6) is 11.5 Å². The molecule has 2 N–H and O–H groups in total. The van der Waals surface area contributed by atoms with Crippen molar-refractivity contribution >= 4 is 5.97 Å². The Bertz CT molecular complexity index is 473. The lowest BCUT2D eigenvalue weighted by atomic mass is 9.78. The van der Waals surface area contributed by atoms with Crippen molar-refractivity contribution in [3.05, 3.63) is 23.3 Å². The van der Waals surface area contributed by atoms with E-state index in [1.165, 1.54) is 7.11 Å². The van der Waals surface area contributed by atoms with Crippen LogP contribution in [0.15, 0.2) is 12.1 Å². The molecular weight excluding hydrogens is 232 g/mol. The molecule has 98 valence electrons. The number of methoxy groups -OCH3 is 1. The van der Waals surface area contributed by atoms with Gasteiger partial charge in [-0.05, 0) is 37.5 Å². The molecule has 0 unspecified atom stereocenters. The standard InChI is InChI=1S/C14H18O4/c1-9-7-12(18-2)10(8-11(9)15)14(13(16)17)5-3-4-6-14/h7-8,15H,3-6H2,1-2H3,(H,16,17). The molecule has 1 fully saturated rings. The number of aryl methyl sites for hydroxylation is 1.